The van der Waals surface area contributed by atoms with Gasteiger partial charge in [0.1, 0.15) is 0 Å². The Morgan fingerprint density at radius 2 is 2.12 bits per heavy atom. The fraction of sp³-hybridized carbons (Fsp3) is 0.308. The number of hydrogen-bond acceptors (Lipinski definition) is 2. The molecular weight excluding hydrogens is 234 g/mol. The molecule has 2 N–H and O–H groups in total. The monoisotopic (exact) mass is 247 g/mol. The number of nitrogens with one attached hydrogen (secondary N) is 2. The highest BCUT2D eigenvalue weighted by atomic mass is 35.5. The largest absolute Gasteiger partial charge is 0.380 e. The van der Waals surface area contributed by atoms with E-state index in [1.165, 1.54) is 5.56 Å². The van der Waals surface area contributed by atoms with Crippen LogP contribution in [0.5, 0.6) is 0 Å². The number of rotatable bonds is 3. The minimum absolute atomic E-state index is 0.536. The predicted molar refractivity (Wildman–Crippen MR) is 69.4 cm³/mol. The van der Waals surface area contributed by atoms with Crippen molar-refractivity contribution in [2.75, 3.05) is 5.32 Å². The smallest absolute Gasteiger partial charge is 0.0725 e. The SMILES string of the molecule is Clc1ccccc1C1CC(Nc2cn[nH]c2)C1. The highest BCUT2D eigenvalue weighted by Crippen LogP contribution is 2.40. The van der Waals surface area contributed by atoms with Crippen molar-refractivity contribution in [3.05, 3.63) is 47.2 Å². The summed E-state index contributed by atoms with van der Waals surface area (Å²) in [6.07, 6.45) is 5.95. The molecular formula is C13H14ClN3. The molecule has 3 nitrogen and oxygen atoms in total. The number of benzene rings is 1. The molecule has 0 spiro atoms. The van der Waals surface area contributed by atoms with Gasteiger partial charge in [0.05, 0.1) is 11.9 Å². The standard InChI is InChI=1S/C13H14ClN3/c14-13-4-2-1-3-12(13)9-5-10(6-9)17-11-7-15-16-8-11/h1-4,7-10,17H,5-6H2,(H,15,16). The summed E-state index contributed by atoms with van der Waals surface area (Å²) in [4.78, 5) is 0. The molecule has 0 bridgehead atoms. The molecule has 1 aromatic heterocycles. The summed E-state index contributed by atoms with van der Waals surface area (Å²) in [5.41, 5.74) is 2.34. The van der Waals surface area contributed by atoms with E-state index >= 15 is 0 Å². The number of H-pyrrole nitrogens is 1. The first kappa shape index (κ1) is 10.7. The molecule has 0 radical (unpaired) electrons. The van der Waals surface area contributed by atoms with E-state index in [1.54, 1.807) is 0 Å². The van der Waals surface area contributed by atoms with Crippen molar-refractivity contribution in [2.45, 2.75) is 24.8 Å². The van der Waals surface area contributed by atoms with Gasteiger partial charge in [0.2, 0.25) is 0 Å². The Hall–Kier alpha value is -1.48. The average Bonchev–Trinajstić information content (AvgIpc) is 2.77. The van der Waals surface area contributed by atoms with Crippen LogP contribution >= 0.6 is 11.6 Å². The third-order valence-electron chi connectivity index (χ3n) is 3.35. The Morgan fingerprint density at radius 1 is 1.29 bits per heavy atom. The quantitative estimate of drug-likeness (QED) is 0.873. The van der Waals surface area contributed by atoms with Gasteiger partial charge in [-0.3, -0.25) is 5.10 Å². The molecule has 1 aliphatic carbocycles. The van der Waals surface area contributed by atoms with Gasteiger partial charge in [-0.25, -0.2) is 0 Å². The number of halogens is 1. The molecule has 17 heavy (non-hydrogen) atoms. The average molecular weight is 248 g/mol. The summed E-state index contributed by atoms with van der Waals surface area (Å²) < 4.78 is 0. The molecule has 1 saturated carbocycles. The molecule has 0 saturated heterocycles. The van der Waals surface area contributed by atoms with Gasteiger partial charge < -0.3 is 5.32 Å². The lowest BCUT2D eigenvalue weighted by Crippen LogP contribution is -2.33. The summed E-state index contributed by atoms with van der Waals surface area (Å²) in [5.74, 6) is 0.591. The topological polar surface area (TPSA) is 40.7 Å². The molecule has 3 rings (SSSR count). The number of aromatic nitrogens is 2. The maximum atomic E-state index is 6.19. The zero-order valence-corrected chi connectivity index (χ0v) is 10.1. The molecule has 0 unspecified atom stereocenters. The van der Waals surface area contributed by atoms with Crippen molar-refractivity contribution in [1.29, 1.82) is 0 Å². The Morgan fingerprint density at radius 3 is 2.82 bits per heavy atom. The molecule has 1 aliphatic rings. The fourth-order valence-corrected chi connectivity index (χ4v) is 2.65. The van der Waals surface area contributed by atoms with E-state index in [9.17, 15) is 0 Å². The van der Waals surface area contributed by atoms with Crippen molar-refractivity contribution >= 4 is 17.3 Å². The second-order valence-corrected chi connectivity index (χ2v) is 4.93. The van der Waals surface area contributed by atoms with Gasteiger partial charge in [-0.15, -0.1) is 0 Å². The Kier molecular flexibility index (Phi) is 2.77. The molecule has 1 heterocycles. The van der Waals surface area contributed by atoms with Crippen LogP contribution in [0.3, 0.4) is 0 Å². The lowest BCUT2D eigenvalue weighted by atomic mass is 9.76. The van der Waals surface area contributed by atoms with Crippen LogP contribution in [0.15, 0.2) is 36.7 Å². The zero-order valence-electron chi connectivity index (χ0n) is 9.36. The molecule has 0 amide bonds. The molecule has 88 valence electrons. The first-order valence-corrected chi connectivity index (χ1v) is 6.20. The van der Waals surface area contributed by atoms with Gasteiger partial charge in [-0.2, -0.15) is 5.10 Å². The second kappa shape index (κ2) is 4.41. The second-order valence-electron chi connectivity index (χ2n) is 4.52. The summed E-state index contributed by atoms with van der Waals surface area (Å²) in [5, 5.41) is 11.0. The number of hydrogen-bond donors (Lipinski definition) is 2. The van der Waals surface area contributed by atoms with Crippen LogP contribution in [0, 0.1) is 0 Å². The lowest BCUT2D eigenvalue weighted by molar-refractivity contribution is 0.374. The Balaban J connectivity index is 1.60. The van der Waals surface area contributed by atoms with Gasteiger partial charge in [0.25, 0.3) is 0 Å². The fourth-order valence-electron chi connectivity index (χ4n) is 2.36. The number of anilines is 1. The maximum absolute atomic E-state index is 6.19. The van der Waals surface area contributed by atoms with E-state index in [4.69, 9.17) is 11.6 Å². The lowest BCUT2D eigenvalue weighted by Gasteiger charge is -2.36. The summed E-state index contributed by atoms with van der Waals surface area (Å²) in [7, 11) is 0. The van der Waals surface area contributed by atoms with E-state index in [0.29, 0.717) is 12.0 Å². The van der Waals surface area contributed by atoms with Gasteiger partial charge in [-0.1, -0.05) is 29.8 Å². The highest BCUT2D eigenvalue weighted by molar-refractivity contribution is 6.31. The van der Waals surface area contributed by atoms with Crippen molar-refractivity contribution in [3.8, 4) is 0 Å². The van der Waals surface area contributed by atoms with Crippen LogP contribution in [0.2, 0.25) is 5.02 Å². The third-order valence-corrected chi connectivity index (χ3v) is 3.70. The van der Waals surface area contributed by atoms with Crippen LogP contribution in [0.1, 0.15) is 24.3 Å². The Labute approximate surface area is 105 Å². The summed E-state index contributed by atoms with van der Waals surface area (Å²) in [6.45, 7) is 0. The molecule has 4 heteroatoms. The van der Waals surface area contributed by atoms with Crippen LogP contribution in [-0.4, -0.2) is 16.2 Å². The van der Waals surface area contributed by atoms with Gasteiger partial charge >= 0.3 is 0 Å². The van der Waals surface area contributed by atoms with Crippen molar-refractivity contribution in [3.63, 3.8) is 0 Å². The normalized spacial score (nSPS) is 23.1. The van der Waals surface area contributed by atoms with Crippen LogP contribution in [0.25, 0.3) is 0 Å². The van der Waals surface area contributed by atoms with E-state index in [-0.39, 0.29) is 0 Å². The molecule has 0 aliphatic heterocycles. The van der Waals surface area contributed by atoms with Crippen LogP contribution < -0.4 is 5.32 Å². The minimum atomic E-state index is 0.536. The number of aromatic amines is 1. The van der Waals surface area contributed by atoms with Crippen molar-refractivity contribution < 1.29 is 0 Å². The number of nitrogens with zero attached hydrogens (tertiary/aromatic N) is 1. The molecule has 1 aromatic carbocycles. The summed E-state index contributed by atoms with van der Waals surface area (Å²) in [6, 6.07) is 8.66. The molecule has 2 aromatic rings. The third kappa shape index (κ3) is 2.15. The summed E-state index contributed by atoms with van der Waals surface area (Å²) >= 11 is 6.19. The molecule has 1 fully saturated rings. The van der Waals surface area contributed by atoms with E-state index < -0.39 is 0 Å². The first-order chi connectivity index (χ1) is 8.33. The maximum Gasteiger partial charge on any atom is 0.0725 e. The van der Waals surface area contributed by atoms with Crippen LogP contribution in [-0.2, 0) is 0 Å². The van der Waals surface area contributed by atoms with E-state index in [0.717, 1.165) is 23.6 Å². The molecule has 0 atom stereocenters. The van der Waals surface area contributed by atoms with Crippen molar-refractivity contribution in [1.82, 2.24) is 10.2 Å². The van der Waals surface area contributed by atoms with Gasteiger partial charge in [0, 0.05) is 17.3 Å². The van der Waals surface area contributed by atoms with Crippen molar-refractivity contribution in [2.24, 2.45) is 0 Å². The van der Waals surface area contributed by atoms with E-state index in [2.05, 4.69) is 27.6 Å². The van der Waals surface area contributed by atoms with Crippen LogP contribution in [0.4, 0.5) is 5.69 Å². The highest BCUT2D eigenvalue weighted by Gasteiger charge is 2.31. The Bertz CT molecular complexity index is 489. The van der Waals surface area contributed by atoms with E-state index in [1.807, 2.05) is 24.5 Å². The predicted octanol–water partition coefficient (Wildman–Crippen LogP) is 3.42. The van der Waals surface area contributed by atoms with Gasteiger partial charge in [0.15, 0.2) is 0 Å². The van der Waals surface area contributed by atoms with Gasteiger partial charge in [-0.05, 0) is 30.4 Å². The minimum Gasteiger partial charge on any atom is -0.380 e. The first-order valence-electron chi connectivity index (χ1n) is 5.82. The zero-order chi connectivity index (χ0) is 11.7.